The molecule has 114 valence electrons. The summed E-state index contributed by atoms with van der Waals surface area (Å²) >= 11 is 0. The van der Waals surface area contributed by atoms with Crippen LogP contribution in [0.25, 0.3) is 12.2 Å². The maximum Gasteiger partial charge on any atom is 0.126 e. The summed E-state index contributed by atoms with van der Waals surface area (Å²) in [4.78, 5) is 0. The van der Waals surface area contributed by atoms with Gasteiger partial charge in [0.2, 0.25) is 0 Å². The highest BCUT2D eigenvalue weighted by Crippen LogP contribution is 2.26. The SMILES string of the molecule is NC(=Cc1ccc(O)cc1O)C(N)=Cc1ccc(O)cc1O. The molecule has 0 atom stereocenters. The maximum atomic E-state index is 9.70. The van der Waals surface area contributed by atoms with Crippen LogP contribution in [0.1, 0.15) is 11.1 Å². The van der Waals surface area contributed by atoms with E-state index in [1.165, 1.54) is 48.6 Å². The summed E-state index contributed by atoms with van der Waals surface area (Å²) in [5.74, 6) is -0.400. The van der Waals surface area contributed by atoms with E-state index in [1.807, 2.05) is 0 Å². The van der Waals surface area contributed by atoms with E-state index in [9.17, 15) is 20.4 Å². The Labute approximate surface area is 126 Å². The molecule has 0 spiro atoms. The van der Waals surface area contributed by atoms with Gasteiger partial charge in [-0.15, -0.1) is 0 Å². The zero-order valence-corrected chi connectivity index (χ0v) is 11.6. The van der Waals surface area contributed by atoms with E-state index in [4.69, 9.17) is 11.5 Å². The van der Waals surface area contributed by atoms with E-state index >= 15 is 0 Å². The molecule has 0 unspecified atom stereocenters. The van der Waals surface area contributed by atoms with Gasteiger partial charge < -0.3 is 31.9 Å². The van der Waals surface area contributed by atoms with Gasteiger partial charge in [-0.05, 0) is 36.4 Å². The Kier molecular flexibility index (Phi) is 4.13. The molecule has 0 fully saturated rings. The smallest absolute Gasteiger partial charge is 0.126 e. The number of phenolic OH excluding ortho intramolecular Hbond substituents is 4. The minimum Gasteiger partial charge on any atom is -0.508 e. The van der Waals surface area contributed by atoms with Gasteiger partial charge in [-0.3, -0.25) is 0 Å². The van der Waals surface area contributed by atoms with Crippen molar-refractivity contribution in [1.29, 1.82) is 0 Å². The van der Waals surface area contributed by atoms with Crippen molar-refractivity contribution in [2.45, 2.75) is 0 Å². The fraction of sp³-hybridized carbons (Fsp3) is 0. The van der Waals surface area contributed by atoms with Crippen LogP contribution in [-0.2, 0) is 0 Å². The van der Waals surface area contributed by atoms with E-state index < -0.39 is 0 Å². The fourth-order valence-corrected chi connectivity index (χ4v) is 1.81. The Hall–Kier alpha value is -3.28. The Morgan fingerprint density at radius 2 is 1.05 bits per heavy atom. The van der Waals surface area contributed by atoms with Gasteiger partial charge in [0.1, 0.15) is 23.0 Å². The third kappa shape index (κ3) is 3.43. The van der Waals surface area contributed by atoms with Crippen LogP contribution in [0.3, 0.4) is 0 Å². The average Bonchev–Trinajstić information content (AvgIpc) is 2.44. The number of rotatable bonds is 3. The highest BCUT2D eigenvalue weighted by Gasteiger charge is 2.05. The fourth-order valence-electron chi connectivity index (χ4n) is 1.81. The maximum absolute atomic E-state index is 9.70. The second-order valence-electron chi connectivity index (χ2n) is 4.69. The van der Waals surface area contributed by atoms with Crippen molar-refractivity contribution in [2.24, 2.45) is 11.5 Å². The Morgan fingerprint density at radius 1 is 0.682 bits per heavy atom. The summed E-state index contributed by atoms with van der Waals surface area (Å²) in [5, 5.41) is 37.9. The molecule has 6 nitrogen and oxygen atoms in total. The van der Waals surface area contributed by atoms with Crippen LogP contribution in [-0.4, -0.2) is 20.4 Å². The van der Waals surface area contributed by atoms with E-state index in [-0.39, 0.29) is 34.4 Å². The van der Waals surface area contributed by atoms with Crippen LogP contribution < -0.4 is 11.5 Å². The first-order valence-corrected chi connectivity index (χ1v) is 6.35. The Morgan fingerprint density at radius 3 is 1.36 bits per heavy atom. The number of hydrogen-bond donors (Lipinski definition) is 6. The number of phenols is 4. The van der Waals surface area contributed by atoms with E-state index in [2.05, 4.69) is 0 Å². The Balaban J connectivity index is 2.33. The van der Waals surface area contributed by atoms with Crippen LogP contribution in [0, 0.1) is 0 Å². The number of nitrogens with two attached hydrogens (primary N) is 2. The van der Waals surface area contributed by atoms with Crippen molar-refractivity contribution < 1.29 is 20.4 Å². The molecular formula is C16H16N2O4. The molecule has 0 radical (unpaired) electrons. The van der Waals surface area contributed by atoms with Crippen molar-refractivity contribution in [1.82, 2.24) is 0 Å². The lowest BCUT2D eigenvalue weighted by molar-refractivity contribution is 0.448. The lowest BCUT2D eigenvalue weighted by Crippen LogP contribution is -2.08. The predicted octanol–water partition coefficient (Wildman–Crippen LogP) is 1.81. The molecule has 0 heterocycles. The molecule has 0 aromatic heterocycles. The molecule has 0 saturated carbocycles. The summed E-state index contributed by atoms with van der Waals surface area (Å²) in [6.07, 6.45) is 2.89. The molecule has 0 aliphatic carbocycles. The first-order chi connectivity index (χ1) is 10.4. The summed E-state index contributed by atoms with van der Waals surface area (Å²) in [7, 11) is 0. The predicted molar refractivity (Wildman–Crippen MR) is 83.9 cm³/mol. The second-order valence-corrected chi connectivity index (χ2v) is 4.69. The van der Waals surface area contributed by atoms with Crippen LogP contribution in [0.15, 0.2) is 47.8 Å². The van der Waals surface area contributed by atoms with Crippen LogP contribution >= 0.6 is 0 Å². The lowest BCUT2D eigenvalue weighted by atomic mass is 10.1. The molecule has 0 amide bonds. The monoisotopic (exact) mass is 300 g/mol. The van der Waals surface area contributed by atoms with Crippen LogP contribution in [0.5, 0.6) is 23.0 Å². The standard InChI is InChI=1S/C16H16N2O4/c17-13(5-9-1-3-11(19)7-15(9)21)14(18)6-10-2-4-12(20)8-16(10)22/h1-8,19-22H,17-18H2. The van der Waals surface area contributed by atoms with Gasteiger partial charge >= 0.3 is 0 Å². The highest BCUT2D eigenvalue weighted by atomic mass is 16.3. The molecule has 0 aliphatic heterocycles. The normalized spacial score (nSPS) is 12.4. The zero-order valence-electron chi connectivity index (χ0n) is 11.6. The van der Waals surface area contributed by atoms with Gasteiger partial charge in [-0.2, -0.15) is 0 Å². The van der Waals surface area contributed by atoms with Gasteiger partial charge in [0.15, 0.2) is 0 Å². The Bertz CT molecular complexity index is 701. The van der Waals surface area contributed by atoms with Gasteiger partial charge in [-0.1, -0.05) is 0 Å². The third-order valence-electron chi connectivity index (χ3n) is 2.98. The number of aromatic hydroxyl groups is 4. The van der Waals surface area contributed by atoms with Crippen molar-refractivity contribution in [3.05, 3.63) is 58.9 Å². The molecule has 6 heteroatoms. The average molecular weight is 300 g/mol. The first kappa shape index (κ1) is 15.1. The topological polar surface area (TPSA) is 133 Å². The number of benzene rings is 2. The summed E-state index contributed by atoms with van der Waals surface area (Å²) in [5.41, 5.74) is 12.8. The molecule has 0 bridgehead atoms. The van der Waals surface area contributed by atoms with Crippen LogP contribution in [0.2, 0.25) is 0 Å². The molecule has 0 aliphatic rings. The molecule has 2 aromatic rings. The molecule has 8 N–H and O–H groups in total. The van der Waals surface area contributed by atoms with Crippen molar-refractivity contribution in [3.8, 4) is 23.0 Å². The van der Waals surface area contributed by atoms with Crippen LogP contribution in [0.4, 0.5) is 0 Å². The third-order valence-corrected chi connectivity index (χ3v) is 2.98. The zero-order chi connectivity index (χ0) is 16.3. The minimum absolute atomic E-state index is 0.0641. The van der Waals surface area contributed by atoms with Crippen molar-refractivity contribution >= 4 is 12.2 Å². The second kappa shape index (κ2) is 6.01. The first-order valence-electron chi connectivity index (χ1n) is 6.35. The van der Waals surface area contributed by atoms with Crippen molar-refractivity contribution in [3.63, 3.8) is 0 Å². The van der Waals surface area contributed by atoms with Gasteiger partial charge in [0, 0.05) is 23.3 Å². The van der Waals surface area contributed by atoms with E-state index in [0.29, 0.717) is 11.1 Å². The molecule has 2 aromatic carbocycles. The largest absolute Gasteiger partial charge is 0.508 e. The highest BCUT2D eigenvalue weighted by molar-refractivity contribution is 5.69. The van der Waals surface area contributed by atoms with Gasteiger partial charge in [0.05, 0.1) is 11.4 Å². The summed E-state index contributed by atoms with van der Waals surface area (Å²) in [6.45, 7) is 0. The van der Waals surface area contributed by atoms with Crippen molar-refractivity contribution in [2.75, 3.05) is 0 Å². The van der Waals surface area contributed by atoms with Gasteiger partial charge in [-0.25, -0.2) is 0 Å². The van der Waals surface area contributed by atoms with Gasteiger partial charge in [0.25, 0.3) is 0 Å². The number of hydrogen-bond acceptors (Lipinski definition) is 6. The van der Waals surface area contributed by atoms with E-state index in [1.54, 1.807) is 0 Å². The summed E-state index contributed by atoms with van der Waals surface area (Å²) < 4.78 is 0. The molecular weight excluding hydrogens is 284 g/mol. The minimum atomic E-state index is -0.136. The molecule has 22 heavy (non-hydrogen) atoms. The molecule has 2 rings (SSSR count). The quantitative estimate of drug-likeness (QED) is 0.479. The molecule has 0 saturated heterocycles. The summed E-state index contributed by atoms with van der Waals surface area (Å²) in [6, 6.07) is 8.16. The van der Waals surface area contributed by atoms with E-state index in [0.717, 1.165) is 0 Å². The lowest BCUT2D eigenvalue weighted by Gasteiger charge is -2.06.